The molecule has 15 nitrogen and oxygen atoms in total. The molecule has 2 aromatic carbocycles. The minimum atomic E-state index is -1.31. The van der Waals surface area contributed by atoms with Crippen LogP contribution in [0.1, 0.15) is 58.1 Å². The molecule has 0 aliphatic carbocycles. The van der Waals surface area contributed by atoms with Gasteiger partial charge in [0.2, 0.25) is 29.5 Å². The number of carboxylic acids is 2. The van der Waals surface area contributed by atoms with Gasteiger partial charge in [0.1, 0.15) is 30.2 Å². The van der Waals surface area contributed by atoms with Crippen LogP contribution in [0.5, 0.6) is 0 Å². The Morgan fingerprint density at radius 1 is 0.600 bits per heavy atom. The fourth-order valence-corrected chi connectivity index (χ4v) is 4.82. The van der Waals surface area contributed by atoms with Crippen molar-refractivity contribution >= 4 is 41.5 Å². The van der Waals surface area contributed by atoms with E-state index >= 15 is 0 Å². The molecule has 0 unspecified atom stereocenters. The van der Waals surface area contributed by atoms with Crippen molar-refractivity contribution in [2.75, 3.05) is 0 Å². The molecule has 15 heteroatoms. The largest absolute Gasteiger partial charge is 0.481 e. The minimum absolute atomic E-state index is 0.0370. The van der Waals surface area contributed by atoms with Gasteiger partial charge < -0.3 is 42.5 Å². The standard InChI is InChI=1S/C35H48N6O9/c1-20(2)29(35(49)50)41-34(48)27(19-24-13-9-6-10-14-24)40-31(45)22(4)37-30(44)21(3)38-33(47)26(17-18-28(42)43)39-32(46)25(36)16-15-23-11-7-5-8-12-23/h5-14,20-22,25-27,29H,15-19,36H2,1-4H3,(H,37,44)(H,38,47)(H,39,46)(H,40,45)(H,41,48)(H,42,43)(H,49,50)/t21-,22-,25-,26-,27-,29-/m0/s1. The quantitative estimate of drug-likeness (QED) is 0.0938. The number of aliphatic carboxylic acids is 2. The van der Waals surface area contributed by atoms with E-state index in [9.17, 15) is 38.7 Å². The molecule has 9 N–H and O–H groups in total. The van der Waals surface area contributed by atoms with Gasteiger partial charge in [0.25, 0.3) is 0 Å². The summed E-state index contributed by atoms with van der Waals surface area (Å²) in [5, 5.41) is 31.1. The highest BCUT2D eigenvalue weighted by Crippen LogP contribution is 2.08. The lowest BCUT2D eigenvalue weighted by Gasteiger charge is -2.25. The smallest absolute Gasteiger partial charge is 0.326 e. The molecule has 0 spiro atoms. The Bertz CT molecular complexity index is 1470. The summed E-state index contributed by atoms with van der Waals surface area (Å²) in [5.74, 6) is -6.61. The van der Waals surface area contributed by atoms with Crippen LogP contribution >= 0.6 is 0 Å². The molecule has 0 aliphatic rings. The van der Waals surface area contributed by atoms with Gasteiger partial charge in [-0.2, -0.15) is 0 Å². The van der Waals surface area contributed by atoms with E-state index in [1.54, 1.807) is 44.2 Å². The first-order valence-electron chi connectivity index (χ1n) is 16.4. The molecule has 0 saturated carbocycles. The number of carboxylic acid groups (broad SMARTS) is 2. The summed E-state index contributed by atoms with van der Waals surface area (Å²) in [6, 6.07) is 11.0. The Kier molecular flexibility index (Phi) is 16.6. The fourth-order valence-electron chi connectivity index (χ4n) is 4.82. The van der Waals surface area contributed by atoms with Crippen LogP contribution in [0.4, 0.5) is 0 Å². The molecular formula is C35H48N6O9. The number of aryl methyl sites for hydroxylation is 1. The highest BCUT2D eigenvalue weighted by Gasteiger charge is 2.31. The molecule has 0 saturated heterocycles. The highest BCUT2D eigenvalue weighted by atomic mass is 16.4. The Morgan fingerprint density at radius 3 is 1.60 bits per heavy atom. The zero-order valence-corrected chi connectivity index (χ0v) is 28.7. The van der Waals surface area contributed by atoms with E-state index in [0.717, 1.165) is 5.56 Å². The molecule has 0 radical (unpaired) electrons. The monoisotopic (exact) mass is 696 g/mol. The highest BCUT2D eigenvalue weighted by molar-refractivity contribution is 5.96. The summed E-state index contributed by atoms with van der Waals surface area (Å²) < 4.78 is 0. The number of rotatable bonds is 20. The first-order valence-corrected chi connectivity index (χ1v) is 16.4. The average molecular weight is 697 g/mol. The lowest BCUT2D eigenvalue weighted by molar-refractivity contribution is -0.143. The third kappa shape index (κ3) is 14.0. The minimum Gasteiger partial charge on any atom is -0.481 e. The number of benzene rings is 2. The summed E-state index contributed by atoms with van der Waals surface area (Å²) in [5.41, 5.74) is 7.69. The molecule has 0 aromatic heterocycles. The lowest BCUT2D eigenvalue weighted by atomic mass is 10.0. The van der Waals surface area contributed by atoms with Crippen molar-refractivity contribution in [3.63, 3.8) is 0 Å². The third-order valence-electron chi connectivity index (χ3n) is 7.85. The van der Waals surface area contributed by atoms with Crippen molar-refractivity contribution in [3.05, 3.63) is 71.8 Å². The van der Waals surface area contributed by atoms with E-state index in [1.165, 1.54) is 13.8 Å². The van der Waals surface area contributed by atoms with Crippen LogP contribution < -0.4 is 32.3 Å². The predicted molar refractivity (Wildman–Crippen MR) is 183 cm³/mol. The summed E-state index contributed by atoms with van der Waals surface area (Å²) in [6.07, 6.45) is 0.0964. The second-order valence-corrected chi connectivity index (χ2v) is 12.4. The van der Waals surface area contributed by atoms with Crippen molar-refractivity contribution < 1.29 is 43.8 Å². The first kappa shape index (κ1) is 40.9. The maximum atomic E-state index is 13.2. The lowest BCUT2D eigenvalue weighted by Crippen LogP contribution is -2.58. The Labute approximate surface area is 291 Å². The molecule has 2 aromatic rings. The number of hydrogen-bond donors (Lipinski definition) is 8. The number of carbonyl (C=O) groups excluding carboxylic acids is 5. The zero-order valence-electron chi connectivity index (χ0n) is 28.7. The van der Waals surface area contributed by atoms with Crippen molar-refractivity contribution in [1.82, 2.24) is 26.6 Å². The van der Waals surface area contributed by atoms with E-state index in [1.807, 2.05) is 30.3 Å². The van der Waals surface area contributed by atoms with Gasteiger partial charge in [-0.05, 0) is 50.2 Å². The van der Waals surface area contributed by atoms with Gasteiger partial charge in [-0.3, -0.25) is 28.8 Å². The normalized spacial score (nSPS) is 14.5. The molecule has 50 heavy (non-hydrogen) atoms. The fraction of sp³-hybridized carbons (Fsp3) is 0.457. The van der Waals surface area contributed by atoms with Crippen molar-refractivity contribution in [2.24, 2.45) is 11.7 Å². The van der Waals surface area contributed by atoms with E-state index in [4.69, 9.17) is 10.8 Å². The number of nitrogens with two attached hydrogens (primary N) is 1. The molecule has 0 aliphatic heterocycles. The molecule has 0 bridgehead atoms. The number of nitrogens with one attached hydrogen (secondary N) is 5. The Morgan fingerprint density at radius 2 is 1.08 bits per heavy atom. The summed E-state index contributed by atoms with van der Waals surface area (Å²) >= 11 is 0. The Hall–Kier alpha value is -5.31. The second kappa shape index (κ2) is 20.3. The maximum Gasteiger partial charge on any atom is 0.326 e. The van der Waals surface area contributed by atoms with E-state index in [0.29, 0.717) is 12.0 Å². The van der Waals surface area contributed by atoms with Crippen LogP contribution in [-0.4, -0.2) is 87.9 Å². The third-order valence-corrected chi connectivity index (χ3v) is 7.85. The van der Waals surface area contributed by atoms with Gasteiger partial charge in [0.15, 0.2) is 0 Å². The molecule has 6 atom stereocenters. The molecule has 0 fully saturated rings. The van der Waals surface area contributed by atoms with E-state index in [-0.39, 0.29) is 19.3 Å². The SMILES string of the molecule is CC(C)[C@H](NC(=O)[C@H](Cc1ccccc1)NC(=O)[C@H](C)NC(=O)[C@H](C)NC(=O)[C@H](CCC(=O)O)NC(=O)[C@@H](N)CCc1ccccc1)C(=O)O. The summed E-state index contributed by atoms with van der Waals surface area (Å²) in [7, 11) is 0. The van der Waals surface area contributed by atoms with E-state index < -0.39 is 90.1 Å². The van der Waals surface area contributed by atoms with Gasteiger partial charge in [0, 0.05) is 12.8 Å². The number of amides is 5. The molecule has 0 heterocycles. The molecule has 272 valence electrons. The molecule has 5 amide bonds. The zero-order chi connectivity index (χ0) is 37.4. The van der Waals surface area contributed by atoms with Gasteiger partial charge in [0.05, 0.1) is 6.04 Å². The van der Waals surface area contributed by atoms with Crippen LogP contribution in [0, 0.1) is 5.92 Å². The topological polar surface area (TPSA) is 246 Å². The first-order chi connectivity index (χ1) is 23.6. The molecule has 2 rings (SSSR count). The van der Waals surface area contributed by atoms with Crippen LogP contribution in [-0.2, 0) is 46.4 Å². The predicted octanol–water partition coefficient (Wildman–Crippen LogP) is 0.258. The van der Waals surface area contributed by atoms with Crippen molar-refractivity contribution in [1.29, 1.82) is 0 Å². The number of hydrogen-bond acceptors (Lipinski definition) is 8. The van der Waals surface area contributed by atoms with Gasteiger partial charge >= 0.3 is 11.9 Å². The maximum absolute atomic E-state index is 13.2. The van der Waals surface area contributed by atoms with Gasteiger partial charge in [-0.15, -0.1) is 0 Å². The van der Waals surface area contributed by atoms with Crippen LogP contribution in [0.15, 0.2) is 60.7 Å². The van der Waals surface area contributed by atoms with Gasteiger partial charge in [-0.25, -0.2) is 4.79 Å². The number of carbonyl (C=O) groups is 7. The van der Waals surface area contributed by atoms with E-state index in [2.05, 4.69) is 26.6 Å². The summed E-state index contributed by atoms with van der Waals surface area (Å²) in [6.45, 7) is 5.96. The second-order valence-electron chi connectivity index (χ2n) is 12.4. The van der Waals surface area contributed by atoms with Crippen LogP contribution in [0.25, 0.3) is 0 Å². The summed E-state index contributed by atoms with van der Waals surface area (Å²) in [4.78, 5) is 88.1. The van der Waals surface area contributed by atoms with Crippen molar-refractivity contribution in [2.45, 2.75) is 96.1 Å². The average Bonchev–Trinajstić information content (AvgIpc) is 3.07. The molecular weight excluding hydrogens is 648 g/mol. The van der Waals surface area contributed by atoms with Crippen molar-refractivity contribution in [3.8, 4) is 0 Å². The van der Waals surface area contributed by atoms with Gasteiger partial charge in [-0.1, -0.05) is 74.5 Å². The Balaban J connectivity index is 2.04. The van der Waals surface area contributed by atoms with Crippen LogP contribution in [0.2, 0.25) is 0 Å². The van der Waals surface area contributed by atoms with Crippen LogP contribution in [0.3, 0.4) is 0 Å².